The highest BCUT2D eigenvalue weighted by Crippen LogP contribution is 2.36. The van der Waals surface area contributed by atoms with Crippen LogP contribution in [0.15, 0.2) is 36.7 Å². The Hall–Kier alpha value is -1.11. The zero-order valence-corrected chi connectivity index (χ0v) is 19.6. The van der Waals surface area contributed by atoms with Gasteiger partial charge in [-0.15, -0.1) is 0 Å². The first-order chi connectivity index (χ1) is 13.5. The lowest BCUT2D eigenvalue weighted by Gasteiger charge is -2.34. The van der Waals surface area contributed by atoms with Crippen molar-refractivity contribution in [2.75, 3.05) is 13.7 Å². The standard InChI is InChI=1S/C21H30Cl2N2O2Si/c1-5-28(6-2,7-3)27-20(21-18(22)13-25-14-19(21)23)15-24-12-16-8-10-17(26-4)11-9-16/h8-11,13-14,20,24H,5-7,12,15H2,1-4H3. The molecule has 1 unspecified atom stereocenters. The molecule has 1 N–H and O–H groups in total. The van der Waals surface area contributed by atoms with Gasteiger partial charge in [0.05, 0.1) is 23.3 Å². The number of nitrogens with one attached hydrogen (secondary N) is 1. The Labute approximate surface area is 179 Å². The van der Waals surface area contributed by atoms with Crippen molar-refractivity contribution in [3.8, 4) is 5.75 Å². The molecule has 0 saturated heterocycles. The summed E-state index contributed by atoms with van der Waals surface area (Å²) in [7, 11) is -0.176. The van der Waals surface area contributed by atoms with Gasteiger partial charge in [0.15, 0.2) is 8.32 Å². The third-order valence-electron chi connectivity index (χ3n) is 5.36. The van der Waals surface area contributed by atoms with Gasteiger partial charge in [0.2, 0.25) is 0 Å². The molecule has 1 aromatic heterocycles. The van der Waals surface area contributed by atoms with Crippen molar-refractivity contribution in [1.29, 1.82) is 0 Å². The fourth-order valence-corrected chi connectivity index (χ4v) is 6.74. The lowest BCUT2D eigenvalue weighted by Crippen LogP contribution is -2.40. The SMILES string of the molecule is CC[Si](CC)(CC)OC(CNCc1ccc(OC)cc1)c1c(Cl)cncc1Cl. The molecule has 1 heterocycles. The van der Waals surface area contributed by atoms with Gasteiger partial charge in [-0.25, -0.2) is 0 Å². The lowest BCUT2D eigenvalue weighted by atomic mass is 10.1. The van der Waals surface area contributed by atoms with E-state index < -0.39 is 8.32 Å². The summed E-state index contributed by atoms with van der Waals surface area (Å²) in [5.41, 5.74) is 2.00. The average molecular weight is 441 g/mol. The number of pyridine rings is 1. The van der Waals surface area contributed by atoms with Crippen molar-refractivity contribution >= 4 is 31.5 Å². The summed E-state index contributed by atoms with van der Waals surface area (Å²) in [6, 6.07) is 11.2. The normalized spacial score (nSPS) is 12.8. The van der Waals surface area contributed by atoms with E-state index in [1.807, 2.05) is 12.1 Å². The molecule has 0 bridgehead atoms. The van der Waals surface area contributed by atoms with Crippen LogP contribution >= 0.6 is 23.2 Å². The van der Waals surface area contributed by atoms with Crippen LogP contribution in [0, 0.1) is 0 Å². The van der Waals surface area contributed by atoms with Crippen molar-refractivity contribution in [3.63, 3.8) is 0 Å². The molecular weight excluding hydrogens is 411 g/mol. The molecule has 0 aliphatic heterocycles. The van der Waals surface area contributed by atoms with Crippen LogP contribution in [0.2, 0.25) is 28.2 Å². The number of rotatable bonds is 11. The number of hydrogen-bond donors (Lipinski definition) is 1. The molecular formula is C21H30Cl2N2O2Si. The lowest BCUT2D eigenvalue weighted by molar-refractivity contribution is 0.186. The number of methoxy groups -OCH3 is 1. The van der Waals surface area contributed by atoms with Gasteiger partial charge in [-0.1, -0.05) is 56.1 Å². The van der Waals surface area contributed by atoms with Gasteiger partial charge in [0.25, 0.3) is 0 Å². The van der Waals surface area contributed by atoms with E-state index in [1.165, 1.54) is 5.56 Å². The third-order valence-corrected chi connectivity index (χ3v) is 10.6. The van der Waals surface area contributed by atoms with Crippen LogP contribution in [-0.2, 0) is 11.0 Å². The molecule has 7 heteroatoms. The summed E-state index contributed by atoms with van der Waals surface area (Å²) in [5.74, 6) is 0.852. The Kier molecular flexibility index (Phi) is 9.24. The van der Waals surface area contributed by atoms with Crippen LogP contribution < -0.4 is 10.1 Å². The molecule has 0 saturated carbocycles. The van der Waals surface area contributed by atoms with E-state index in [2.05, 4.69) is 43.2 Å². The van der Waals surface area contributed by atoms with Crippen LogP contribution in [0.3, 0.4) is 0 Å². The Morgan fingerprint density at radius 1 is 1.00 bits per heavy atom. The van der Waals surface area contributed by atoms with E-state index in [9.17, 15) is 0 Å². The molecule has 154 valence electrons. The van der Waals surface area contributed by atoms with Crippen LogP contribution in [-0.4, -0.2) is 27.0 Å². The van der Waals surface area contributed by atoms with Gasteiger partial charge < -0.3 is 14.5 Å². The van der Waals surface area contributed by atoms with Gasteiger partial charge in [-0.05, 0) is 35.8 Å². The molecule has 2 rings (SSSR count). The molecule has 1 aromatic carbocycles. The predicted molar refractivity (Wildman–Crippen MR) is 120 cm³/mol. The maximum absolute atomic E-state index is 6.77. The van der Waals surface area contributed by atoms with Gasteiger partial charge in [0.1, 0.15) is 5.75 Å². The van der Waals surface area contributed by atoms with Crippen LogP contribution in [0.5, 0.6) is 5.75 Å². The molecule has 2 aromatic rings. The van der Waals surface area contributed by atoms with E-state index in [4.69, 9.17) is 32.4 Å². The van der Waals surface area contributed by atoms with Crippen molar-refractivity contribution in [1.82, 2.24) is 10.3 Å². The fraction of sp³-hybridized carbons (Fsp3) is 0.476. The number of benzene rings is 1. The monoisotopic (exact) mass is 440 g/mol. The van der Waals surface area contributed by atoms with Gasteiger partial charge in [0, 0.05) is 31.0 Å². The van der Waals surface area contributed by atoms with E-state index in [0.29, 0.717) is 16.6 Å². The second-order valence-electron chi connectivity index (χ2n) is 6.85. The van der Waals surface area contributed by atoms with Crippen molar-refractivity contribution < 1.29 is 9.16 Å². The summed E-state index contributed by atoms with van der Waals surface area (Å²) in [6.07, 6.45) is 3.07. The molecule has 0 amide bonds. The second-order valence-corrected chi connectivity index (χ2v) is 12.4. The Morgan fingerprint density at radius 3 is 2.07 bits per heavy atom. The number of nitrogens with zero attached hydrogens (tertiary/aromatic N) is 1. The number of aromatic nitrogens is 1. The molecule has 0 aliphatic rings. The van der Waals surface area contributed by atoms with Gasteiger partial charge in [-0.3, -0.25) is 4.98 Å². The molecule has 1 atom stereocenters. The predicted octanol–water partition coefficient (Wildman–Crippen LogP) is 6.25. The van der Waals surface area contributed by atoms with E-state index in [0.717, 1.165) is 36.0 Å². The number of ether oxygens (including phenoxy) is 1. The molecule has 28 heavy (non-hydrogen) atoms. The molecule has 0 aliphatic carbocycles. The maximum atomic E-state index is 6.77. The largest absolute Gasteiger partial charge is 0.497 e. The van der Waals surface area contributed by atoms with E-state index >= 15 is 0 Å². The van der Waals surface area contributed by atoms with Gasteiger partial charge >= 0.3 is 0 Å². The Bertz CT molecular complexity index is 711. The quantitative estimate of drug-likeness (QED) is 0.419. The highest BCUT2D eigenvalue weighted by Gasteiger charge is 2.34. The molecule has 4 nitrogen and oxygen atoms in total. The first-order valence-corrected chi connectivity index (χ1v) is 13.1. The van der Waals surface area contributed by atoms with Crippen molar-refractivity contribution in [3.05, 3.63) is 57.8 Å². The summed E-state index contributed by atoms with van der Waals surface area (Å²) in [4.78, 5) is 4.09. The van der Waals surface area contributed by atoms with E-state index in [1.54, 1.807) is 19.5 Å². The minimum absolute atomic E-state index is 0.201. The van der Waals surface area contributed by atoms with E-state index in [-0.39, 0.29) is 6.10 Å². The number of halogens is 2. The summed E-state index contributed by atoms with van der Waals surface area (Å²) in [6.45, 7) is 8.01. The molecule has 0 radical (unpaired) electrons. The molecule has 0 spiro atoms. The van der Waals surface area contributed by atoms with Crippen molar-refractivity contribution in [2.45, 2.75) is 51.6 Å². The minimum Gasteiger partial charge on any atom is -0.497 e. The average Bonchev–Trinajstić information content (AvgIpc) is 2.72. The summed E-state index contributed by atoms with van der Waals surface area (Å²) < 4.78 is 12.0. The fourth-order valence-electron chi connectivity index (χ4n) is 3.32. The van der Waals surface area contributed by atoms with Crippen LogP contribution in [0.1, 0.15) is 38.0 Å². The second kappa shape index (κ2) is 11.2. The third kappa shape index (κ3) is 5.94. The van der Waals surface area contributed by atoms with Crippen LogP contribution in [0.25, 0.3) is 0 Å². The van der Waals surface area contributed by atoms with Gasteiger partial charge in [-0.2, -0.15) is 0 Å². The maximum Gasteiger partial charge on any atom is 0.192 e. The highest BCUT2D eigenvalue weighted by atomic mass is 35.5. The van der Waals surface area contributed by atoms with Crippen LogP contribution in [0.4, 0.5) is 0 Å². The number of hydrogen-bond acceptors (Lipinski definition) is 4. The topological polar surface area (TPSA) is 43.4 Å². The Morgan fingerprint density at radius 2 is 1.57 bits per heavy atom. The minimum atomic E-state index is -1.85. The first kappa shape index (κ1) is 23.2. The smallest absolute Gasteiger partial charge is 0.192 e. The first-order valence-electron chi connectivity index (χ1n) is 9.78. The highest BCUT2D eigenvalue weighted by molar-refractivity contribution is 6.73. The summed E-state index contributed by atoms with van der Waals surface area (Å²) >= 11 is 12.9. The molecule has 0 fully saturated rings. The zero-order chi connectivity index (χ0) is 20.6. The Balaban J connectivity index is 2.18. The van der Waals surface area contributed by atoms with Crippen molar-refractivity contribution in [2.24, 2.45) is 0 Å². The zero-order valence-electron chi connectivity index (χ0n) is 17.1. The summed E-state index contributed by atoms with van der Waals surface area (Å²) in [5, 5.41) is 4.61.